The summed E-state index contributed by atoms with van der Waals surface area (Å²) in [7, 11) is 1.59. The third-order valence-electron chi connectivity index (χ3n) is 3.36. The number of unbranched alkanes of at least 4 members (excludes halogenated alkanes) is 1. The second-order valence-corrected chi connectivity index (χ2v) is 5.07. The van der Waals surface area contributed by atoms with Gasteiger partial charge < -0.3 is 4.74 Å². The number of ether oxygens (including phenoxy) is 1. The second-order valence-electron chi connectivity index (χ2n) is 4.60. The lowest BCUT2D eigenvalue weighted by molar-refractivity contribution is 0.390. The molecule has 18 heavy (non-hydrogen) atoms. The van der Waals surface area contributed by atoms with E-state index >= 15 is 0 Å². The van der Waals surface area contributed by atoms with Gasteiger partial charge in [0, 0.05) is 5.56 Å². The van der Waals surface area contributed by atoms with Crippen LogP contribution in [0.15, 0.2) is 18.2 Å². The summed E-state index contributed by atoms with van der Waals surface area (Å²) in [5, 5.41) is -0.188. The largest absolute Gasteiger partial charge is 0.496 e. The molecule has 0 radical (unpaired) electrons. The first kappa shape index (κ1) is 15.3. The van der Waals surface area contributed by atoms with E-state index in [9.17, 15) is 4.39 Å². The fraction of sp³-hybridized carbons (Fsp3) is 0.600. The zero-order valence-electron chi connectivity index (χ0n) is 11.4. The Bertz CT molecular complexity index is 368. The fourth-order valence-electron chi connectivity index (χ4n) is 2.20. The molecule has 1 nitrogen and oxygen atoms in total. The molecule has 2 unspecified atom stereocenters. The van der Waals surface area contributed by atoms with Gasteiger partial charge in [-0.15, -0.1) is 11.6 Å². The molecule has 0 saturated carbocycles. The molecule has 102 valence electrons. The van der Waals surface area contributed by atoms with Gasteiger partial charge >= 0.3 is 0 Å². The molecular formula is C15H22ClFO. The van der Waals surface area contributed by atoms with Gasteiger partial charge in [-0.2, -0.15) is 0 Å². The quantitative estimate of drug-likeness (QED) is 0.610. The molecule has 0 aliphatic rings. The molecule has 0 aliphatic carbocycles. The maximum atomic E-state index is 13.3. The van der Waals surface area contributed by atoms with Crippen molar-refractivity contribution in [1.82, 2.24) is 0 Å². The van der Waals surface area contributed by atoms with Gasteiger partial charge in [-0.25, -0.2) is 4.39 Å². The number of hydrogen-bond acceptors (Lipinski definition) is 1. The van der Waals surface area contributed by atoms with Gasteiger partial charge in [0.2, 0.25) is 0 Å². The summed E-state index contributed by atoms with van der Waals surface area (Å²) in [6, 6.07) is 4.54. The average molecular weight is 273 g/mol. The monoisotopic (exact) mass is 272 g/mol. The van der Waals surface area contributed by atoms with Crippen LogP contribution in [0.25, 0.3) is 0 Å². The minimum Gasteiger partial charge on any atom is -0.496 e. The molecule has 1 aromatic carbocycles. The first-order chi connectivity index (χ1) is 8.63. The SMILES string of the molecule is CCCCC(CC)C(Cl)c1cc(F)ccc1OC. The van der Waals surface area contributed by atoms with Crippen molar-refractivity contribution in [3.8, 4) is 5.75 Å². The highest BCUT2D eigenvalue weighted by Crippen LogP contribution is 2.39. The highest BCUT2D eigenvalue weighted by molar-refractivity contribution is 6.21. The van der Waals surface area contributed by atoms with Gasteiger partial charge in [0.05, 0.1) is 12.5 Å². The van der Waals surface area contributed by atoms with Crippen LogP contribution in [-0.2, 0) is 0 Å². The van der Waals surface area contributed by atoms with Crippen molar-refractivity contribution in [2.75, 3.05) is 7.11 Å². The minimum absolute atomic E-state index is 0.188. The van der Waals surface area contributed by atoms with E-state index in [-0.39, 0.29) is 11.2 Å². The maximum absolute atomic E-state index is 13.3. The first-order valence-corrected chi connectivity index (χ1v) is 7.05. The highest BCUT2D eigenvalue weighted by atomic mass is 35.5. The zero-order valence-corrected chi connectivity index (χ0v) is 12.1. The minimum atomic E-state index is -0.262. The normalized spacial score (nSPS) is 14.3. The predicted octanol–water partition coefficient (Wildman–Crippen LogP) is 5.33. The number of halogens is 2. The Morgan fingerprint density at radius 3 is 2.61 bits per heavy atom. The van der Waals surface area contributed by atoms with E-state index in [4.69, 9.17) is 16.3 Å². The molecular weight excluding hydrogens is 251 g/mol. The molecule has 0 aromatic heterocycles. The van der Waals surface area contributed by atoms with E-state index in [0.717, 1.165) is 31.2 Å². The third kappa shape index (κ3) is 3.88. The molecule has 0 N–H and O–H groups in total. The molecule has 1 aromatic rings. The van der Waals surface area contributed by atoms with E-state index in [1.807, 2.05) is 0 Å². The third-order valence-corrected chi connectivity index (χ3v) is 3.95. The van der Waals surface area contributed by atoms with E-state index in [1.54, 1.807) is 13.2 Å². The summed E-state index contributed by atoms with van der Waals surface area (Å²) in [6.07, 6.45) is 4.37. The number of benzene rings is 1. The Hall–Kier alpha value is -0.760. The Labute approximate surface area is 114 Å². The number of alkyl halides is 1. The predicted molar refractivity (Wildman–Crippen MR) is 74.9 cm³/mol. The molecule has 0 aliphatic heterocycles. The van der Waals surface area contributed by atoms with E-state index in [1.165, 1.54) is 12.1 Å². The maximum Gasteiger partial charge on any atom is 0.123 e. The molecule has 0 fully saturated rings. The lowest BCUT2D eigenvalue weighted by Crippen LogP contribution is -2.09. The first-order valence-electron chi connectivity index (χ1n) is 6.61. The summed E-state index contributed by atoms with van der Waals surface area (Å²) < 4.78 is 18.6. The van der Waals surface area contributed by atoms with Gasteiger partial charge in [0.1, 0.15) is 11.6 Å². The van der Waals surface area contributed by atoms with Gasteiger partial charge in [0.25, 0.3) is 0 Å². The van der Waals surface area contributed by atoms with Crippen LogP contribution in [0.5, 0.6) is 5.75 Å². The summed E-state index contributed by atoms with van der Waals surface area (Å²) in [6.45, 7) is 4.29. The van der Waals surface area contributed by atoms with Crippen LogP contribution in [0, 0.1) is 11.7 Å². The van der Waals surface area contributed by atoms with Crippen molar-refractivity contribution >= 4 is 11.6 Å². The summed E-state index contributed by atoms with van der Waals surface area (Å²) in [4.78, 5) is 0. The molecule has 1 rings (SSSR count). The van der Waals surface area contributed by atoms with Crippen LogP contribution in [0.4, 0.5) is 4.39 Å². The Morgan fingerprint density at radius 2 is 2.06 bits per heavy atom. The van der Waals surface area contributed by atoms with Crippen LogP contribution in [0.1, 0.15) is 50.5 Å². The Kier molecular flexibility index (Phi) is 6.48. The van der Waals surface area contributed by atoms with Crippen LogP contribution in [-0.4, -0.2) is 7.11 Å². The fourth-order valence-corrected chi connectivity index (χ4v) is 2.67. The van der Waals surface area contributed by atoms with Crippen LogP contribution < -0.4 is 4.74 Å². The standard InChI is InChI=1S/C15H22ClFO/c1-4-6-7-11(5-2)15(16)13-10-12(17)8-9-14(13)18-3/h8-11,15H,4-7H2,1-3H3. The van der Waals surface area contributed by atoms with Crippen molar-refractivity contribution in [2.24, 2.45) is 5.92 Å². The average Bonchev–Trinajstić information content (AvgIpc) is 2.39. The van der Waals surface area contributed by atoms with Crippen LogP contribution >= 0.6 is 11.6 Å². The summed E-state index contributed by atoms with van der Waals surface area (Å²) in [5.41, 5.74) is 0.766. The summed E-state index contributed by atoms with van der Waals surface area (Å²) >= 11 is 6.52. The van der Waals surface area contributed by atoms with Crippen molar-refractivity contribution in [3.63, 3.8) is 0 Å². The highest BCUT2D eigenvalue weighted by Gasteiger charge is 2.22. The topological polar surface area (TPSA) is 9.23 Å². The lowest BCUT2D eigenvalue weighted by atomic mass is 9.91. The van der Waals surface area contributed by atoms with E-state index in [0.29, 0.717) is 11.7 Å². The number of hydrogen-bond donors (Lipinski definition) is 0. The molecule has 0 spiro atoms. The second kappa shape index (κ2) is 7.63. The van der Waals surface area contributed by atoms with Crippen LogP contribution in [0.3, 0.4) is 0 Å². The molecule has 2 atom stereocenters. The van der Waals surface area contributed by atoms with Crippen LogP contribution in [0.2, 0.25) is 0 Å². The molecule has 0 amide bonds. The van der Waals surface area contributed by atoms with E-state index < -0.39 is 0 Å². The van der Waals surface area contributed by atoms with E-state index in [2.05, 4.69) is 13.8 Å². The number of methoxy groups -OCH3 is 1. The van der Waals surface area contributed by atoms with Gasteiger partial charge in [-0.3, -0.25) is 0 Å². The Balaban J connectivity index is 2.92. The van der Waals surface area contributed by atoms with Crippen molar-refractivity contribution in [2.45, 2.75) is 44.9 Å². The molecule has 0 heterocycles. The van der Waals surface area contributed by atoms with Gasteiger partial charge in [-0.1, -0.05) is 33.1 Å². The smallest absolute Gasteiger partial charge is 0.123 e. The zero-order chi connectivity index (χ0) is 13.5. The van der Waals surface area contributed by atoms with Crippen molar-refractivity contribution < 1.29 is 9.13 Å². The lowest BCUT2D eigenvalue weighted by Gasteiger charge is -2.22. The van der Waals surface area contributed by atoms with Gasteiger partial charge in [-0.05, 0) is 30.5 Å². The molecule has 0 saturated heterocycles. The molecule has 0 bridgehead atoms. The summed E-state index contributed by atoms with van der Waals surface area (Å²) in [5.74, 6) is 0.774. The number of rotatable bonds is 7. The van der Waals surface area contributed by atoms with Gasteiger partial charge in [0.15, 0.2) is 0 Å². The Morgan fingerprint density at radius 1 is 1.33 bits per heavy atom. The van der Waals surface area contributed by atoms with Crippen molar-refractivity contribution in [3.05, 3.63) is 29.6 Å². The molecule has 3 heteroatoms. The van der Waals surface area contributed by atoms with Crippen molar-refractivity contribution in [1.29, 1.82) is 0 Å².